The third kappa shape index (κ3) is 51.3. The molecule has 6 heteroatoms. The molecule has 0 radical (unpaired) electrons. The summed E-state index contributed by atoms with van der Waals surface area (Å²) >= 11 is 0. The molecule has 0 aromatic heterocycles. The van der Waals surface area contributed by atoms with Gasteiger partial charge in [0.05, 0.1) is 25.4 Å². The van der Waals surface area contributed by atoms with Crippen LogP contribution in [0.3, 0.4) is 0 Å². The number of esters is 1. The van der Waals surface area contributed by atoms with Gasteiger partial charge < -0.3 is 20.3 Å². The Labute approximate surface area is 404 Å². The van der Waals surface area contributed by atoms with Crippen LogP contribution in [0.25, 0.3) is 0 Å². The van der Waals surface area contributed by atoms with Crippen molar-refractivity contribution in [1.82, 2.24) is 5.32 Å². The maximum absolute atomic E-state index is 12.5. The molecular weight excluding hydrogens is 803 g/mol. The van der Waals surface area contributed by atoms with Gasteiger partial charge in [-0.25, -0.2) is 0 Å². The molecule has 0 bridgehead atoms. The number of carbonyl (C=O) groups is 2. The van der Waals surface area contributed by atoms with Crippen molar-refractivity contribution in [3.05, 3.63) is 36.5 Å². The topological polar surface area (TPSA) is 95.9 Å². The lowest BCUT2D eigenvalue weighted by Gasteiger charge is -2.22. The minimum atomic E-state index is -0.673. The highest BCUT2D eigenvalue weighted by atomic mass is 16.5. The number of unbranched alkanes of at least 4 members (excludes halogenated alkanes) is 36. The number of aliphatic hydroxyl groups is 2. The van der Waals surface area contributed by atoms with E-state index in [-0.39, 0.29) is 18.5 Å². The van der Waals surface area contributed by atoms with Crippen LogP contribution in [-0.2, 0) is 14.3 Å². The summed E-state index contributed by atoms with van der Waals surface area (Å²) in [7, 11) is 0. The highest BCUT2D eigenvalue weighted by Gasteiger charge is 2.20. The first kappa shape index (κ1) is 63.1. The van der Waals surface area contributed by atoms with Gasteiger partial charge in [0, 0.05) is 12.8 Å². The molecule has 382 valence electrons. The maximum atomic E-state index is 12.5. The predicted octanol–water partition coefficient (Wildman–Crippen LogP) is 17.6. The van der Waals surface area contributed by atoms with Gasteiger partial charge in [0.1, 0.15) is 0 Å². The number of allylic oxidation sites excluding steroid dienone is 6. The van der Waals surface area contributed by atoms with E-state index in [1.54, 1.807) is 0 Å². The summed E-state index contributed by atoms with van der Waals surface area (Å²) in [5, 5.41) is 23.2. The third-order valence-corrected chi connectivity index (χ3v) is 13.2. The van der Waals surface area contributed by atoms with Crippen LogP contribution in [0.5, 0.6) is 0 Å². The van der Waals surface area contributed by atoms with Crippen LogP contribution >= 0.6 is 0 Å². The van der Waals surface area contributed by atoms with E-state index in [2.05, 4.69) is 55.6 Å². The van der Waals surface area contributed by atoms with Crippen molar-refractivity contribution in [2.24, 2.45) is 0 Å². The summed E-state index contributed by atoms with van der Waals surface area (Å²) in [6.45, 7) is 4.92. The number of aliphatic hydroxyl groups excluding tert-OH is 2. The van der Waals surface area contributed by atoms with Gasteiger partial charge in [-0.05, 0) is 83.5 Å². The molecule has 0 saturated carbocycles. The van der Waals surface area contributed by atoms with Crippen molar-refractivity contribution < 1.29 is 24.5 Å². The quantitative estimate of drug-likeness (QED) is 0.0321. The summed E-state index contributed by atoms with van der Waals surface area (Å²) in [5.41, 5.74) is 0. The lowest BCUT2D eigenvalue weighted by molar-refractivity contribution is -0.143. The molecule has 2 atom stereocenters. The Morgan fingerprint density at radius 1 is 0.431 bits per heavy atom. The second kappa shape index (κ2) is 54.7. The zero-order valence-electron chi connectivity index (χ0n) is 43.5. The van der Waals surface area contributed by atoms with E-state index in [9.17, 15) is 19.8 Å². The van der Waals surface area contributed by atoms with Crippen molar-refractivity contribution >= 4 is 11.9 Å². The number of amides is 1. The van der Waals surface area contributed by atoms with Gasteiger partial charge in [-0.3, -0.25) is 9.59 Å². The number of ether oxygens (including phenoxy) is 1. The van der Waals surface area contributed by atoms with E-state index in [4.69, 9.17) is 4.74 Å². The van der Waals surface area contributed by atoms with Crippen molar-refractivity contribution in [2.75, 3.05) is 13.2 Å². The molecule has 6 nitrogen and oxygen atoms in total. The number of carbonyl (C=O) groups excluding carboxylic acids is 2. The number of hydrogen-bond acceptors (Lipinski definition) is 5. The van der Waals surface area contributed by atoms with Gasteiger partial charge in [0.25, 0.3) is 0 Å². The predicted molar refractivity (Wildman–Crippen MR) is 283 cm³/mol. The Bertz CT molecular complexity index is 1060. The van der Waals surface area contributed by atoms with E-state index in [0.717, 1.165) is 70.6 Å². The van der Waals surface area contributed by atoms with Crippen LogP contribution in [0, 0.1) is 0 Å². The van der Waals surface area contributed by atoms with E-state index in [0.29, 0.717) is 25.9 Å². The summed E-state index contributed by atoms with van der Waals surface area (Å²) in [6.07, 6.45) is 67.0. The van der Waals surface area contributed by atoms with Crippen molar-refractivity contribution in [3.63, 3.8) is 0 Å². The van der Waals surface area contributed by atoms with Crippen molar-refractivity contribution in [1.29, 1.82) is 0 Å². The monoisotopic (exact) mass is 914 g/mol. The highest BCUT2D eigenvalue weighted by Crippen LogP contribution is 2.16. The van der Waals surface area contributed by atoms with E-state index < -0.39 is 12.1 Å². The average Bonchev–Trinajstić information content (AvgIpc) is 3.31. The first-order valence-electron chi connectivity index (χ1n) is 28.7. The molecule has 0 rings (SSSR count). The summed E-state index contributed by atoms with van der Waals surface area (Å²) in [6, 6.07) is -0.552. The zero-order chi connectivity index (χ0) is 47.2. The Balaban J connectivity index is 3.45. The van der Waals surface area contributed by atoms with Gasteiger partial charge >= 0.3 is 5.97 Å². The Morgan fingerprint density at radius 2 is 0.769 bits per heavy atom. The van der Waals surface area contributed by atoms with Crippen molar-refractivity contribution in [2.45, 2.75) is 315 Å². The Kier molecular flexibility index (Phi) is 53.1. The molecule has 0 spiro atoms. The fourth-order valence-corrected chi connectivity index (χ4v) is 8.72. The second-order valence-corrected chi connectivity index (χ2v) is 19.6. The average molecular weight is 915 g/mol. The van der Waals surface area contributed by atoms with Crippen LogP contribution < -0.4 is 5.32 Å². The normalized spacial score (nSPS) is 12.9. The molecule has 0 aromatic rings. The molecule has 0 fully saturated rings. The number of rotatable bonds is 53. The fourth-order valence-electron chi connectivity index (χ4n) is 8.72. The SMILES string of the molecule is CCCCCC/C=C\C/C=C\CCCCCCCC(=O)OCCCCCCCCCCC/C=C\CCCCCCCC(=O)NC(CO)C(O)CCCCCCCCCCCCCCCC. The highest BCUT2D eigenvalue weighted by molar-refractivity contribution is 5.76. The number of hydrogen-bond donors (Lipinski definition) is 3. The van der Waals surface area contributed by atoms with Gasteiger partial charge in [-0.15, -0.1) is 0 Å². The molecule has 0 aliphatic heterocycles. The van der Waals surface area contributed by atoms with Crippen LogP contribution in [0.2, 0.25) is 0 Å². The molecule has 0 aromatic carbocycles. The third-order valence-electron chi connectivity index (χ3n) is 13.2. The van der Waals surface area contributed by atoms with Gasteiger partial charge in [0.2, 0.25) is 5.91 Å². The first-order valence-corrected chi connectivity index (χ1v) is 28.7. The first-order chi connectivity index (χ1) is 32.0. The van der Waals surface area contributed by atoms with E-state index in [1.807, 2.05) is 0 Å². The van der Waals surface area contributed by atoms with Crippen molar-refractivity contribution in [3.8, 4) is 0 Å². The Hall–Kier alpha value is -1.92. The number of nitrogens with one attached hydrogen (secondary N) is 1. The lowest BCUT2D eigenvalue weighted by Crippen LogP contribution is -2.45. The summed E-state index contributed by atoms with van der Waals surface area (Å²) < 4.78 is 5.47. The van der Waals surface area contributed by atoms with Crippen LogP contribution in [-0.4, -0.2) is 47.4 Å². The Morgan fingerprint density at radius 3 is 1.20 bits per heavy atom. The van der Waals surface area contributed by atoms with E-state index >= 15 is 0 Å². The molecule has 1 amide bonds. The van der Waals surface area contributed by atoms with Crippen LogP contribution in [0.4, 0.5) is 0 Å². The molecule has 0 heterocycles. The van der Waals surface area contributed by atoms with Crippen LogP contribution in [0.1, 0.15) is 303 Å². The summed E-state index contributed by atoms with van der Waals surface area (Å²) in [4.78, 5) is 24.5. The lowest BCUT2D eigenvalue weighted by atomic mass is 10.0. The minimum Gasteiger partial charge on any atom is -0.466 e. The summed E-state index contributed by atoms with van der Waals surface area (Å²) in [5.74, 6) is -0.0601. The molecule has 65 heavy (non-hydrogen) atoms. The van der Waals surface area contributed by atoms with Gasteiger partial charge in [-0.1, -0.05) is 243 Å². The molecule has 0 aliphatic carbocycles. The van der Waals surface area contributed by atoms with Crippen LogP contribution in [0.15, 0.2) is 36.5 Å². The zero-order valence-corrected chi connectivity index (χ0v) is 43.5. The maximum Gasteiger partial charge on any atom is 0.305 e. The molecule has 0 aliphatic rings. The van der Waals surface area contributed by atoms with Gasteiger partial charge in [0.15, 0.2) is 0 Å². The fraction of sp³-hybridized carbons (Fsp3) is 0.864. The largest absolute Gasteiger partial charge is 0.466 e. The van der Waals surface area contributed by atoms with Gasteiger partial charge in [-0.2, -0.15) is 0 Å². The molecule has 0 saturated heterocycles. The standard InChI is InChI=1S/C59H111NO5/c1-3-5-7-9-11-13-15-17-19-25-29-33-37-41-45-49-53-59(64)65-54-50-46-42-38-34-30-26-23-21-20-22-24-28-32-36-40-44-48-52-58(63)60-56(55-61)57(62)51-47-43-39-35-31-27-18-16-14-12-10-8-6-4-2/h13,15,19,22,24-25,56-57,61-62H,3-12,14,16-18,20-21,23,26-55H2,1-2H3,(H,60,63)/b15-13-,24-22-,25-19-. The van der Waals surface area contributed by atoms with E-state index in [1.165, 1.54) is 199 Å². The minimum absolute atomic E-state index is 0.0106. The second-order valence-electron chi connectivity index (χ2n) is 19.6. The molecule has 2 unspecified atom stereocenters. The molecule has 3 N–H and O–H groups in total. The molecular formula is C59H111NO5. The smallest absolute Gasteiger partial charge is 0.305 e.